The first-order chi connectivity index (χ1) is 11.8. The molecule has 2 aromatic rings. The van der Waals surface area contributed by atoms with Crippen molar-refractivity contribution in [3.63, 3.8) is 0 Å². The Morgan fingerprint density at radius 1 is 1.20 bits per heavy atom. The normalized spacial score (nSPS) is 11.2. The summed E-state index contributed by atoms with van der Waals surface area (Å²) >= 11 is 0. The minimum Gasteiger partial charge on any atom is -0.362 e. The predicted octanol–water partition coefficient (Wildman–Crippen LogP) is 0.917. The molecule has 9 heteroatoms. The molecule has 8 nitrogen and oxygen atoms in total. The lowest BCUT2D eigenvalue weighted by Gasteiger charge is -2.16. The van der Waals surface area contributed by atoms with Crippen LogP contribution in [0.15, 0.2) is 47.5 Å². The lowest BCUT2D eigenvalue weighted by atomic mass is 10.2. The van der Waals surface area contributed by atoms with Gasteiger partial charge < -0.3 is 10.2 Å². The first kappa shape index (κ1) is 18.8. The summed E-state index contributed by atoms with van der Waals surface area (Å²) in [6, 6.07) is 9.24. The van der Waals surface area contributed by atoms with Gasteiger partial charge in [0.25, 0.3) is 15.9 Å². The molecule has 2 rings (SSSR count). The van der Waals surface area contributed by atoms with E-state index in [4.69, 9.17) is 0 Å². The fourth-order valence-corrected chi connectivity index (χ4v) is 3.00. The molecular formula is C16H20N4O4S. The molecule has 0 aliphatic rings. The second-order valence-corrected chi connectivity index (χ2v) is 7.02. The maximum absolute atomic E-state index is 12.3. The molecule has 0 radical (unpaired) electrons. The molecule has 0 aliphatic carbocycles. The molecule has 0 unspecified atom stereocenters. The number of pyridine rings is 1. The quantitative estimate of drug-likeness (QED) is 0.709. The van der Waals surface area contributed by atoms with Crippen LogP contribution >= 0.6 is 0 Å². The number of carbonyl (C=O) groups is 1. The van der Waals surface area contributed by atoms with Gasteiger partial charge in [0.15, 0.2) is 0 Å². The van der Waals surface area contributed by atoms with Gasteiger partial charge in [-0.2, -0.15) is 0 Å². The van der Waals surface area contributed by atoms with Crippen molar-refractivity contribution >= 4 is 21.7 Å². The van der Waals surface area contributed by atoms with Gasteiger partial charge in [-0.25, -0.2) is 13.4 Å². The lowest BCUT2D eigenvalue weighted by Crippen LogP contribution is -2.25. The molecule has 2 N–H and O–H groups in total. The largest absolute Gasteiger partial charge is 0.362 e. The van der Waals surface area contributed by atoms with Crippen LogP contribution in [0.1, 0.15) is 15.9 Å². The number of benzene rings is 1. The number of hydrogen-bond donors (Lipinski definition) is 2. The summed E-state index contributed by atoms with van der Waals surface area (Å²) in [5.74, 6) is 0.465. The number of rotatable bonds is 7. The molecule has 0 fully saturated rings. The fraction of sp³-hybridized carbons (Fsp3) is 0.250. The second-order valence-electron chi connectivity index (χ2n) is 5.38. The van der Waals surface area contributed by atoms with E-state index >= 15 is 0 Å². The Bertz CT molecular complexity index is 835. The van der Waals surface area contributed by atoms with Gasteiger partial charge >= 0.3 is 0 Å². The summed E-state index contributed by atoms with van der Waals surface area (Å²) in [6.45, 7) is 0.311. The van der Waals surface area contributed by atoms with E-state index in [9.17, 15) is 13.2 Å². The minimum atomic E-state index is -3.74. The highest BCUT2D eigenvalue weighted by Crippen LogP contribution is 2.15. The fourth-order valence-electron chi connectivity index (χ4n) is 2.19. The number of anilines is 1. The zero-order valence-corrected chi connectivity index (χ0v) is 15.0. The first-order valence-corrected chi connectivity index (χ1v) is 8.87. The third-order valence-corrected chi connectivity index (χ3v) is 4.63. The summed E-state index contributed by atoms with van der Waals surface area (Å²) in [6.07, 6.45) is 1.69. The number of hydrogen-bond acceptors (Lipinski definition) is 6. The third kappa shape index (κ3) is 4.75. The lowest BCUT2D eigenvalue weighted by molar-refractivity contribution is 0.0951. The summed E-state index contributed by atoms with van der Waals surface area (Å²) in [5, 5.41) is 2.80. The van der Waals surface area contributed by atoms with Crippen molar-refractivity contribution in [3.05, 3.63) is 53.7 Å². The second kappa shape index (κ2) is 8.06. The van der Waals surface area contributed by atoms with Gasteiger partial charge in [-0.1, -0.05) is 11.0 Å². The van der Waals surface area contributed by atoms with E-state index in [-0.39, 0.29) is 10.8 Å². The van der Waals surface area contributed by atoms with Gasteiger partial charge in [-0.15, -0.1) is 0 Å². The molecule has 1 aromatic heterocycles. The Labute approximate surface area is 146 Å². The molecule has 1 amide bonds. The molecule has 0 saturated carbocycles. The molecule has 25 heavy (non-hydrogen) atoms. The smallest absolute Gasteiger partial charge is 0.262 e. The van der Waals surface area contributed by atoms with Crippen LogP contribution in [0.25, 0.3) is 0 Å². The Morgan fingerprint density at radius 3 is 2.48 bits per heavy atom. The molecule has 0 bridgehead atoms. The first-order valence-electron chi connectivity index (χ1n) is 7.39. The van der Waals surface area contributed by atoms with Crippen molar-refractivity contribution in [3.8, 4) is 0 Å². The van der Waals surface area contributed by atoms with Gasteiger partial charge in [-0.3, -0.25) is 9.63 Å². The highest BCUT2D eigenvalue weighted by molar-refractivity contribution is 7.89. The highest BCUT2D eigenvalue weighted by Gasteiger charge is 2.15. The number of nitrogens with zero attached hydrogens (tertiary/aromatic N) is 2. The van der Waals surface area contributed by atoms with Crippen LogP contribution in [-0.2, 0) is 21.4 Å². The average Bonchev–Trinajstić information content (AvgIpc) is 2.60. The van der Waals surface area contributed by atoms with Gasteiger partial charge in [-0.05, 0) is 30.3 Å². The topological polar surface area (TPSA) is 101 Å². The predicted molar refractivity (Wildman–Crippen MR) is 93.5 cm³/mol. The molecule has 0 spiro atoms. The van der Waals surface area contributed by atoms with Crippen LogP contribution in [0.3, 0.4) is 0 Å². The van der Waals surface area contributed by atoms with Crippen molar-refractivity contribution in [2.75, 3.05) is 26.1 Å². The van der Waals surface area contributed by atoms with Crippen LogP contribution in [-0.4, -0.2) is 40.5 Å². The number of sulfonamides is 1. The summed E-state index contributed by atoms with van der Waals surface area (Å²) in [5.41, 5.74) is 1.23. The van der Waals surface area contributed by atoms with Crippen molar-refractivity contribution in [2.24, 2.45) is 0 Å². The highest BCUT2D eigenvalue weighted by atomic mass is 32.2. The Hall–Kier alpha value is -2.49. The molecule has 134 valence electrons. The summed E-state index contributed by atoms with van der Waals surface area (Å²) in [4.78, 5) is 24.7. The monoisotopic (exact) mass is 364 g/mol. The zero-order valence-electron chi connectivity index (χ0n) is 14.2. The average molecular weight is 364 g/mol. The number of aromatic nitrogens is 1. The van der Waals surface area contributed by atoms with Gasteiger partial charge in [0.05, 0.1) is 12.0 Å². The van der Waals surface area contributed by atoms with E-state index in [2.05, 4.69) is 15.1 Å². The standard InChI is InChI=1S/C16H20N4O4S/c1-20(2)15-13(5-4-10-17-15)11-18-16(21)12-6-8-14(9-7-12)25(22,23)19-24-3/h4-10,19H,11H2,1-3H3,(H,18,21). The maximum Gasteiger partial charge on any atom is 0.262 e. The van der Waals surface area contributed by atoms with Crippen LogP contribution in [0, 0.1) is 0 Å². The number of amides is 1. The van der Waals surface area contributed by atoms with E-state index in [1.807, 2.05) is 29.9 Å². The Kier molecular flexibility index (Phi) is 6.07. The molecule has 1 heterocycles. The summed E-state index contributed by atoms with van der Waals surface area (Å²) in [7, 11) is 1.22. The third-order valence-electron chi connectivity index (χ3n) is 3.35. The minimum absolute atomic E-state index is 0.00746. The van der Waals surface area contributed by atoms with Crippen molar-refractivity contribution in [1.82, 2.24) is 15.2 Å². The van der Waals surface area contributed by atoms with Crippen molar-refractivity contribution < 1.29 is 18.0 Å². The Balaban J connectivity index is 2.07. The molecule has 0 saturated heterocycles. The van der Waals surface area contributed by atoms with Crippen molar-refractivity contribution in [1.29, 1.82) is 0 Å². The molecule has 0 aliphatic heterocycles. The molecule has 1 aromatic carbocycles. The van der Waals surface area contributed by atoms with Crippen LogP contribution in [0.2, 0.25) is 0 Å². The summed E-state index contributed by atoms with van der Waals surface area (Å²) < 4.78 is 23.6. The van der Waals surface area contributed by atoms with Gasteiger partial charge in [0, 0.05) is 38.0 Å². The van der Waals surface area contributed by atoms with E-state index < -0.39 is 10.0 Å². The molecule has 0 atom stereocenters. The number of carbonyl (C=O) groups excluding carboxylic acids is 1. The van der Waals surface area contributed by atoms with Gasteiger partial charge in [0.1, 0.15) is 5.82 Å². The van der Waals surface area contributed by atoms with E-state index in [0.29, 0.717) is 12.1 Å². The number of nitrogens with one attached hydrogen (secondary N) is 2. The van der Waals surface area contributed by atoms with Gasteiger partial charge in [0.2, 0.25) is 0 Å². The van der Waals surface area contributed by atoms with E-state index in [1.165, 1.54) is 31.4 Å². The van der Waals surface area contributed by atoms with Crippen LogP contribution in [0.4, 0.5) is 5.82 Å². The van der Waals surface area contributed by atoms with Crippen LogP contribution < -0.4 is 15.1 Å². The molecular weight excluding hydrogens is 344 g/mol. The SMILES string of the molecule is CONS(=O)(=O)c1ccc(C(=O)NCc2cccnc2N(C)C)cc1. The van der Waals surface area contributed by atoms with Crippen LogP contribution in [0.5, 0.6) is 0 Å². The Morgan fingerprint density at radius 2 is 1.88 bits per heavy atom. The van der Waals surface area contributed by atoms with Crippen molar-refractivity contribution in [2.45, 2.75) is 11.4 Å². The maximum atomic E-state index is 12.3. The van der Waals surface area contributed by atoms with E-state index in [1.54, 1.807) is 12.3 Å². The zero-order chi connectivity index (χ0) is 18.4. The van der Waals surface area contributed by atoms with E-state index in [0.717, 1.165) is 11.4 Å².